The van der Waals surface area contributed by atoms with Gasteiger partial charge in [0.25, 0.3) is 0 Å². The normalized spacial score (nSPS) is 12.9. The summed E-state index contributed by atoms with van der Waals surface area (Å²) in [4.78, 5) is 5.55. The monoisotopic (exact) mass is 502 g/mol. The molecule has 0 aromatic heterocycles. The number of hydrogen-bond acceptors (Lipinski definition) is 2. The fraction of sp³-hybridized carbons (Fsp3) is 0.400. The van der Waals surface area contributed by atoms with E-state index in [9.17, 15) is 0 Å². The van der Waals surface area contributed by atoms with Gasteiger partial charge in [0.2, 0.25) is 0 Å². The summed E-state index contributed by atoms with van der Waals surface area (Å²) in [7, 11) is -1.61. The van der Waals surface area contributed by atoms with E-state index in [1.165, 1.54) is 15.6 Å². The summed E-state index contributed by atoms with van der Waals surface area (Å²) in [6, 6.07) is 36.0. The molecule has 5 heteroatoms. The van der Waals surface area contributed by atoms with Gasteiger partial charge in [-0.2, -0.15) is 0 Å². The van der Waals surface area contributed by atoms with Gasteiger partial charge in [-0.15, -0.1) is 8.01 Å². The highest BCUT2D eigenvalue weighted by Gasteiger charge is 2.48. The highest BCUT2D eigenvalue weighted by molar-refractivity contribution is 8.08. The van der Waals surface area contributed by atoms with Crippen LogP contribution >= 0.6 is 8.01 Å². The molecule has 0 radical (unpaired) electrons. The molecule has 0 bridgehead atoms. The second-order valence-electron chi connectivity index (χ2n) is 10.6. The molecule has 0 saturated heterocycles. The Balaban J connectivity index is 2.36. The molecule has 3 aromatic carbocycles. The molecule has 0 aliphatic carbocycles. The highest BCUT2D eigenvalue weighted by Crippen LogP contribution is 2.37. The van der Waals surface area contributed by atoms with Crippen molar-refractivity contribution in [2.24, 2.45) is 0 Å². The highest BCUT2D eigenvalue weighted by atomic mass is 31.3. The quantitative estimate of drug-likeness (QED) is 0.193. The lowest BCUT2D eigenvalue weighted by Gasteiger charge is -2.48. The molecule has 0 aliphatic rings. The average molecular weight is 503 g/mol. The predicted octanol–water partition coefficient (Wildman–Crippen LogP) is 5.55. The second kappa shape index (κ2) is 12.5. The van der Waals surface area contributed by atoms with E-state index in [2.05, 4.69) is 156 Å². The van der Waals surface area contributed by atoms with Crippen molar-refractivity contribution < 1.29 is 0 Å². The lowest BCUT2D eigenvalue weighted by molar-refractivity contribution is 0.233. The van der Waals surface area contributed by atoms with E-state index in [0.29, 0.717) is 30.9 Å². The van der Waals surface area contributed by atoms with E-state index >= 15 is 0 Å². The van der Waals surface area contributed by atoms with Gasteiger partial charge in [-0.05, 0) is 39.7 Å². The smallest absolute Gasteiger partial charge is 0.320 e. The lowest BCUT2D eigenvalue weighted by atomic mass is 9.91. The van der Waals surface area contributed by atoms with Gasteiger partial charge in [0.15, 0.2) is 7.74 Å². The van der Waals surface area contributed by atoms with Crippen LogP contribution < -0.4 is 15.6 Å². The second-order valence-corrected chi connectivity index (χ2v) is 17.8. The molecule has 0 fully saturated rings. The summed E-state index contributed by atoms with van der Waals surface area (Å²) in [5.74, 6) is 0. The number of nitrogens with zero attached hydrogens (tertiary/aromatic N) is 2. The van der Waals surface area contributed by atoms with E-state index in [1.54, 1.807) is 0 Å². The van der Waals surface area contributed by atoms with E-state index in [0.717, 1.165) is 8.01 Å². The fourth-order valence-electron chi connectivity index (χ4n) is 5.63. The summed E-state index contributed by atoms with van der Waals surface area (Å²) in [6.07, 6.45) is 0. The third-order valence-corrected chi connectivity index (χ3v) is 16.5. The van der Waals surface area contributed by atoms with Crippen LogP contribution in [0.5, 0.6) is 0 Å². The Morgan fingerprint density at radius 2 is 0.743 bits per heavy atom. The number of benzene rings is 3. The van der Waals surface area contributed by atoms with Crippen molar-refractivity contribution in [2.75, 3.05) is 0 Å². The summed E-state index contributed by atoms with van der Waals surface area (Å²) in [6.45, 7) is 19.3. The van der Waals surface area contributed by atoms with Gasteiger partial charge in [-0.25, -0.2) is 0 Å². The van der Waals surface area contributed by atoms with Crippen LogP contribution in [0.15, 0.2) is 91.0 Å². The van der Waals surface area contributed by atoms with E-state index in [-0.39, 0.29) is 0 Å². The van der Waals surface area contributed by atoms with Crippen molar-refractivity contribution in [1.82, 2.24) is 9.62 Å². The molecule has 186 valence electrons. The molecule has 0 amide bonds. The van der Waals surface area contributed by atoms with Crippen LogP contribution in [0.3, 0.4) is 0 Å². The molecule has 1 atom stereocenters. The molecule has 0 saturated carbocycles. The first-order valence-electron chi connectivity index (χ1n) is 13.2. The summed E-state index contributed by atoms with van der Waals surface area (Å²) >= 11 is 0. The molecular weight excluding hydrogens is 458 g/mol. The molecule has 1 unspecified atom stereocenters. The van der Waals surface area contributed by atoms with E-state index in [4.69, 9.17) is 0 Å². The summed E-state index contributed by atoms with van der Waals surface area (Å²) in [5.41, 5.74) is 0. The van der Waals surface area contributed by atoms with Gasteiger partial charge in [0.1, 0.15) is 0 Å². The molecule has 35 heavy (non-hydrogen) atoms. The molecule has 2 nitrogen and oxygen atoms in total. The minimum atomic E-state index is -2.35. The zero-order chi connectivity index (χ0) is 25.6. The van der Waals surface area contributed by atoms with Crippen molar-refractivity contribution in [3.05, 3.63) is 91.0 Å². The minimum absolute atomic E-state index is 0.349. The Labute approximate surface area is 217 Å². The maximum absolute atomic E-state index is 2.77. The van der Waals surface area contributed by atoms with Gasteiger partial charge < -0.3 is 9.62 Å². The van der Waals surface area contributed by atoms with Crippen LogP contribution in [0.2, 0.25) is 0 Å². The largest absolute Gasteiger partial charge is 0.334 e. The van der Waals surface area contributed by atoms with E-state index in [1.807, 2.05) is 0 Å². The predicted molar refractivity (Wildman–Crippen MR) is 162 cm³/mol. The maximum Gasteiger partial charge on any atom is 0.334 e. The minimum Gasteiger partial charge on any atom is -0.320 e. The zero-order valence-corrected chi connectivity index (χ0v) is 24.9. The fourth-order valence-corrected chi connectivity index (χ4v) is 16.1. The third-order valence-electron chi connectivity index (χ3n) is 6.92. The third kappa shape index (κ3) is 6.17. The van der Waals surface area contributed by atoms with Crippen LogP contribution in [-0.4, -0.2) is 48.2 Å². The lowest BCUT2D eigenvalue weighted by Crippen LogP contribution is -2.69. The Morgan fingerprint density at radius 3 is 0.971 bits per heavy atom. The summed E-state index contributed by atoms with van der Waals surface area (Å²) < 4.78 is 0. The molecule has 0 N–H and O–H groups in total. The molecule has 3 rings (SSSR count). The van der Waals surface area contributed by atoms with Crippen LogP contribution in [0.25, 0.3) is 0 Å². The van der Waals surface area contributed by atoms with Gasteiger partial charge in [-0.1, -0.05) is 146 Å². The Kier molecular flexibility index (Phi) is 9.96. The van der Waals surface area contributed by atoms with Crippen LogP contribution in [0.1, 0.15) is 55.4 Å². The first kappa shape index (κ1) is 27.9. The number of rotatable bonds is 11. The summed E-state index contributed by atoms with van der Waals surface area (Å²) in [5, 5.41) is 4.50. The molecule has 3 aromatic rings. The number of hydrogen-bond donors (Lipinski definition) is 0. The van der Waals surface area contributed by atoms with Crippen LogP contribution in [0.4, 0.5) is 0 Å². The van der Waals surface area contributed by atoms with Crippen LogP contribution in [-0.2, 0) is 0 Å². The SMILES string of the molecule is CC(C)N(B(P[Si](c1ccccc1)(c1ccccc1)c1ccccc1)N(C(C)C)C(C)C)C(C)C. The van der Waals surface area contributed by atoms with Crippen molar-refractivity contribution >= 4 is 38.0 Å². The zero-order valence-electron chi connectivity index (χ0n) is 22.9. The Bertz CT molecular complexity index is 880. The Morgan fingerprint density at radius 1 is 0.486 bits per heavy atom. The van der Waals surface area contributed by atoms with Crippen molar-refractivity contribution in [2.45, 2.75) is 79.6 Å². The molecule has 0 heterocycles. The Hall–Kier alpha value is -1.71. The van der Waals surface area contributed by atoms with Gasteiger partial charge in [0.05, 0.1) is 0 Å². The molecular formula is C30H44BN2PSi. The standard InChI is InChI=1S/C30H44BN2PSi/c1-24(2)32(25(3)4)31(33(26(5)6)27(7)8)34-35(28-18-12-9-13-19-28,29-20-14-10-15-21-29)30-22-16-11-17-23-30/h9-27,34H,1-8H3. The van der Waals surface area contributed by atoms with Crippen molar-refractivity contribution in [3.8, 4) is 0 Å². The van der Waals surface area contributed by atoms with Gasteiger partial charge in [0, 0.05) is 0 Å². The van der Waals surface area contributed by atoms with Gasteiger partial charge in [-0.3, -0.25) is 0 Å². The van der Waals surface area contributed by atoms with Gasteiger partial charge >= 0.3 is 6.70 Å². The first-order valence-corrected chi connectivity index (χ1v) is 17.3. The maximum atomic E-state index is 2.77. The van der Waals surface area contributed by atoms with Crippen LogP contribution in [0, 0.1) is 0 Å². The van der Waals surface area contributed by atoms with Crippen molar-refractivity contribution in [1.29, 1.82) is 0 Å². The topological polar surface area (TPSA) is 6.48 Å². The average Bonchev–Trinajstić information content (AvgIpc) is 2.83. The van der Waals surface area contributed by atoms with E-state index < -0.39 is 7.74 Å². The molecule has 0 spiro atoms. The molecule has 0 aliphatic heterocycles. The van der Waals surface area contributed by atoms with Crippen molar-refractivity contribution in [3.63, 3.8) is 0 Å². The first-order chi connectivity index (χ1) is 16.7.